The van der Waals surface area contributed by atoms with E-state index >= 15 is 0 Å². The fourth-order valence-electron chi connectivity index (χ4n) is 5.95. The molecule has 18 nitrogen and oxygen atoms in total. The number of amides is 8. The number of likely N-dealkylation sites (tertiary alicyclic amines) is 1. The lowest BCUT2D eigenvalue weighted by Gasteiger charge is -2.19. The Labute approximate surface area is 356 Å². The predicted molar refractivity (Wildman–Crippen MR) is 223 cm³/mol. The lowest BCUT2D eigenvalue weighted by atomic mass is 9.94. The molecule has 1 heterocycles. The molecule has 1 saturated heterocycles. The van der Waals surface area contributed by atoms with Crippen molar-refractivity contribution in [1.29, 1.82) is 0 Å². The zero-order valence-electron chi connectivity index (χ0n) is 35.6. The Bertz CT molecular complexity index is 1840. The van der Waals surface area contributed by atoms with Crippen molar-refractivity contribution in [3.8, 4) is 0 Å². The molecule has 18 heteroatoms. The van der Waals surface area contributed by atoms with Crippen molar-refractivity contribution in [2.24, 2.45) is 17.8 Å². The largest absolute Gasteiger partial charge is 0.444 e. The van der Waals surface area contributed by atoms with Crippen LogP contribution >= 0.6 is 0 Å². The van der Waals surface area contributed by atoms with Crippen molar-refractivity contribution >= 4 is 58.9 Å². The Morgan fingerprint density at radius 3 is 2.08 bits per heavy atom. The maximum Gasteiger partial charge on any atom is 0.411 e. The van der Waals surface area contributed by atoms with E-state index in [0.29, 0.717) is 37.1 Å². The lowest BCUT2D eigenvalue weighted by molar-refractivity contribution is -0.140. The van der Waals surface area contributed by atoms with E-state index in [0.717, 1.165) is 5.56 Å². The van der Waals surface area contributed by atoms with Gasteiger partial charge in [-0.1, -0.05) is 76.6 Å². The first kappa shape index (κ1) is 49.2. The molecule has 1 aliphatic heterocycles. The van der Waals surface area contributed by atoms with Crippen molar-refractivity contribution in [3.05, 3.63) is 65.7 Å². The van der Waals surface area contributed by atoms with Crippen LogP contribution in [0.5, 0.6) is 0 Å². The first-order valence-corrected chi connectivity index (χ1v) is 20.4. The van der Waals surface area contributed by atoms with E-state index in [-0.39, 0.29) is 87.0 Å². The minimum atomic E-state index is -1.09. The van der Waals surface area contributed by atoms with Crippen molar-refractivity contribution in [3.63, 3.8) is 0 Å². The quantitative estimate of drug-likeness (QED) is 0.0551. The summed E-state index contributed by atoms with van der Waals surface area (Å²) < 4.78 is 10.5. The van der Waals surface area contributed by atoms with Crippen LogP contribution in [0.2, 0.25) is 0 Å². The molecule has 0 aromatic heterocycles. The number of anilines is 1. The number of Topliss-reactive ketones (excluding diaryl/α,β-unsaturated/α-hetero) is 1. The van der Waals surface area contributed by atoms with Crippen LogP contribution in [0.15, 0.2) is 54.6 Å². The molecule has 2 atom stereocenters. The summed E-state index contributed by atoms with van der Waals surface area (Å²) in [7, 11) is 1.48. The number of unbranched alkanes of at least 4 members (excludes halogenated alkanes) is 2. The van der Waals surface area contributed by atoms with E-state index in [1.165, 1.54) is 16.8 Å². The van der Waals surface area contributed by atoms with Crippen LogP contribution in [-0.2, 0) is 60.9 Å². The van der Waals surface area contributed by atoms with E-state index in [4.69, 9.17) is 9.47 Å². The Kier molecular flexibility index (Phi) is 20.5. The van der Waals surface area contributed by atoms with Crippen molar-refractivity contribution < 1.29 is 52.6 Å². The first-order chi connectivity index (χ1) is 29.0. The van der Waals surface area contributed by atoms with Gasteiger partial charge in [-0.25, -0.2) is 4.79 Å². The highest BCUT2D eigenvalue weighted by Crippen LogP contribution is 2.26. The smallest absolute Gasteiger partial charge is 0.411 e. The SMILES string of the molecule is CC(C)C(=O)COCN(C)C(=O)OCc1ccc(NC(=O)CNC(=O)[C@H](Cc2ccccc2)NC(=O)CNC(=O)CNC(=O)CCCCCN2C(=O)CC(C(C)C)C2=O)cc1. The summed E-state index contributed by atoms with van der Waals surface area (Å²) in [5, 5.41) is 12.7. The predicted octanol–water partition coefficient (Wildman–Crippen LogP) is 2.06. The fourth-order valence-corrected chi connectivity index (χ4v) is 5.95. The van der Waals surface area contributed by atoms with E-state index < -0.39 is 48.9 Å². The number of imide groups is 1. The summed E-state index contributed by atoms with van der Waals surface area (Å²) in [6, 6.07) is 14.3. The molecule has 3 rings (SSSR count). The third kappa shape index (κ3) is 17.9. The summed E-state index contributed by atoms with van der Waals surface area (Å²) in [5.74, 6) is -3.56. The van der Waals surface area contributed by atoms with E-state index in [1.54, 1.807) is 68.4 Å². The third-order valence-electron chi connectivity index (χ3n) is 9.70. The Morgan fingerprint density at radius 2 is 1.43 bits per heavy atom. The first-order valence-electron chi connectivity index (χ1n) is 20.4. The van der Waals surface area contributed by atoms with Gasteiger partial charge in [-0.05, 0) is 42.0 Å². The Hall–Kier alpha value is -6.17. The van der Waals surface area contributed by atoms with Gasteiger partial charge in [0.15, 0.2) is 5.78 Å². The average Bonchev–Trinajstić information content (AvgIpc) is 3.52. The molecule has 1 aliphatic rings. The maximum absolute atomic E-state index is 13.2. The molecule has 5 N–H and O–H groups in total. The molecule has 1 unspecified atom stereocenters. The summed E-state index contributed by atoms with van der Waals surface area (Å²) in [6.07, 6.45) is 1.51. The molecule has 2 aromatic rings. The molecule has 332 valence electrons. The minimum absolute atomic E-state index is 0.0517. The van der Waals surface area contributed by atoms with Gasteiger partial charge in [0.2, 0.25) is 41.4 Å². The molecule has 1 fully saturated rings. The van der Waals surface area contributed by atoms with Crippen LogP contribution in [0.1, 0.15) is 70.9 Å². The van der Waals surface area contributed by atoms with Gasteiger partial charge in [-0.2, -0.15) is 0 Å². The molecule has 2 aromatic carbocycles. The van der Waals surface area contributed by atoms with E-state index in [1.807, 2.05) is 13.8 Å². The van der Waals surface area contributed by atoms with Crippen LogP contribution in [0.3, 0.4) is 0 Å². The highest BCUT2D eigenvalue weighted by molar-refractivity contribution is 6.03. The molecule has 0 radical (unpaired) electrons. The number of ketones is 1. The van der Waals surface area contributed by atoms with Crippen molar-refractivity contribution in [1.82, 2.24) is 31.1 Å². The van der Waals surface area contributed by atoms with Gasteiger partial charge in [0.1, 0.15) is 26.0 Å². The third-order valence-corrected chi connectivity index (χ3v) is 9.70. The number of benzene rings is 2. The summed E-state index contributed by atoms with van der Waals surface area (Å²) in [6.45, 7) is 6.15. The van der Waals surface area contributed by atoms with Gasteiger partial charge in [0.05, 0.1) is 19.6 Å². The summed E-state index contributed by atoms with van der Waals surface area (Å²) in [4.78, 5) is 114. The van der Waals surface area contributed by atoms with Crippen LogP contribution in [0, 0.1) is 17.8 Å². The van der Waals surface area contributed by atoms with Crippen LogP contribution in [0.4, 0.5) is 10.5 Å². The average molecular weight is 850 g/mol. The molecular weight excluding hydrogens is 791 g/mol. The van der Waals surface area contributed by atoms with Gasteiger partial charge in [-0.3, -0.25) is 48.2 Å². The second-order valence-electron chi connectivity index (χ2n) is 15.4. The number of carbonyl (C=O) groups is 9. The van der Waals surface area contributed by atoms with E-state index in [2.05, 4.69) is 26.6 Å². The van der Waals surface area contributed by atoms with Crippen LogP contribution in [-0.4, -0.2) is 116 Å². The van der Waals surface area contributed by atoms with E-state index in [9.17, 15) is 43.2 Å². The van der Waals surface area contributed by atoms with Crippen molar-refractivity contribution in [2.75, 3.05) is 51.9 Å². The molecule has 8 amide bonds. The zero-order chi connectivity index (χ0) is 44.9. The Balaban J connectivity index is 1.36. The number of ether oxygens (including phenoxy) is 2. The number of carbonyl (C=O) groups excluding carboxylic acids is 9. The molecule has 0 aliphatic carbocycles. The van der Waals surface area contributed by atoms with Gasteiger partial charge in [-0.15, -0.1) is 0 Å². The van der Waals surface area contributed by atoms with Gasteiger partial charge >= 0.3 is 6.09 Å². The number of rotatable bonds is 25. The summed E-state index contributed by atoms with van der Waals surface area (Å²) >= 11 is 0. The fraction of sp³-hybridized carbons (Fsp3) is 0.512. The second kappa shape index (κ2) is 25.5. The lowest BCUT2D eigenvalue weighted by Crippen LogP contribution is -2.52. The summed E-state index contributed by atoms with van der Waals surface area (Å²) in [5.41, 5.74) is 1.79. The molecule has 61 heavy (non-hydrogen) atoms. The van der Waals surface area contributed by atoms with Crippen LogP contribution in [0.25, 0.3) is 0 Å². The highest BCUT2D eigenvalue weighted by Gasteiger charge is 2.39. The normalized spacial score (nSPS) is 14.0. The zero-order valence-corrected chi connectivity index (χ0v) is 35.6. The number of nitrogens with one attached hydrogen (secondary N) is 5. The highest BCUT2D eigenvalue weighted by atomic mass is 16.6. The van der Waals surface area contributed by atoms with Gasteiger partial charge < -0.3 is 36.1 Å². The maximum atomic E-state index is 13.2. The molecular formula is C43H59N7O11. The molecule has 0 bridgehead atoms. The van der Waals surface area contributed by atoms with Crippen molar-refractivity contribution in [2.45, 2.75) is 78.9 Å². The number of hydrogen-bond donors (Lipinski definition) is 5. The molecule has 0 saturated carbocycles. The van der Waals surface area contributed by atoms with Crippen LogP contribution < -0.4 is 26.6 Å². The number of nitrogens with zero attached hydrogens (tertiary/aromatic N) is 2. The van der Waals surface area contributed by atoms with Gasteiger partial charge in [0.25, 0.3) is 0 Å². The minimum Gasteiger partial charge on any atom is -0.444 e. The topological polar surface area (TPSA) is 239 Å². The number of hydrogen-bond acceptors (Lipinski definition) is 11. The Morgan fingerprint density at radius 1 is 0.770 bits per heavy atom. The monoisotopic (exact) mass is 849 g/mol. The van der Waals surface area contributed by atoms with Gasteiger partial charge in [0, 0.05) is 50.4 Å². The second-order valence-corrected chi connectivity index (χ2v) is 15.4. The standard InChI is InChI=1S/C43H59N7O11/c1-28(2)33-21-40(56)50(42(33)58)19-11-7-10-14-36(52)44-22-37(53)45-23-39(55)48-34(20-30-12-8-6-9-13-30)41(57)46-24-38(54)47-32-17-15-31(16-18-32)25-61-43(59)49(5)27-60-26-35(51)29(3)4/h6,8-9,12-13,15-18,28-29,33-34H,7,10-11,14,19-27H2,1-5H3,(H,44,52)(H,45,53)(H,46,57)(H,47,54)(H,48,55)/t33?,34-/m0/s1. The molecule has 0 spiro atoms.